The molecular weight excluding hydrogens is 234 g/mol. The van der Waals surface area contributed by atoms with Gasteiger partial charge in [-0.15, -0.1) is 11.3 Å². The molecule has 4 heteroatoms. The van der Waals surface area contributed by atoms with Crippen molar-refractivity contribution in [3.63, 3.8) is 0 Å². The van der Waals surface area contributed by atoms with Gasteiger partial charge in [-0.25, -0.2) is 4.79 Å². The molecule has 1 fully saturated rings. The van der Waals surface area contributed by atoms with Crippen LogP contribution in [0.2, 0.25) is 0 Å². The zero-order valence-corrected chi connectivity index (χ0v) is 11.3. The molecule has 17 heavy (non-hydrogen) atoms. The first-order valence-electron chi connectivity index (χ1n) is 6.08. The Morgan fingerprint density at radius 3 is 2.71 bits per heavy atom. The van der Waals surface area contributed by atoms with Crippen molar-refractivity contribution < 1.29 is 9.90 Å². The fourth-order valence-corrected chi connectivity index (χ4v) is 3.55. The van der Waals surface area contributed by atoms with Crippen LogP contribution in [0.15, 0.2) is 12.1 Å². The Hall–Kier alpha value is -1.03. The number of hydrogen-bond acceptors (Lipinski definition) is 3. The Labute approximate surface area is 106 Å². The summed E-state index contributed by atoms with van der Waals surface area (Å²) in [5, 5.41) is 10.0. The molecule has 1 aromatic rings. The number of carbonyl (C=O) groups is 1. The molecule has 0 bridgehead atoms. The molecule has 0 aliphatic carbocycles. The lowest BCUT2D eigenvalue weighted by molar-refractivity contribution is 0.0702. The molecule has 0 radical (unpaired) electrons. The quantitative estimate of drug-likeness (QED) is 0.879. The predicted octanol–water partition coefficient (Wildman–Crippen LogP) is 3.32. The van der Waals surface area contributed by atoms with Gasteiger partial charge in [-0.1, -0.05) is 13.8 Å². The lowest BCUT2D eigenvalue weighted by Gasteiger charge is -2.41. The van der Waals surface area contributed by atoms with Crippen LogP contribution in [0, 0.1) is 11.8 Å². The van der Waals surface area contributed by atoms with Crippen LogP contribution in [0.1, 0.15) is 36.9 Å². The van der Waals surface area contributed by atoms with Crippen molar-refractivity contribution in [3.8, 4) is 0 Å². The van der Waals surface area contributed by atoms with E-state index < -0.39 is 5.97 Å². The fraction of sp³-hybridized carbons (Fsp3) is 0.615. The maximum Gasteiger partial charge on any atom is 0.345 e. The second-order valence-electron chi connectivity index (χ2n) is 5.15. The number of piperidine rings is 1. The highest BCUT2D eigenvalue weighted by Gasteiger charge is 2.29. The molecule has 0 amide bonds. The van der Waals surface area contributed by atoms with Crippen molar-refractivity contribution >= 4 is 22.3 Å². The summed E-state index contributed by atoms with van der Waals surface area (Å²) in [7, 11) is 0. The molecule has 3 atom stereocenters. The Morgan fingerprint density at radius 2 is 2.12 bits per heavy atom. The third kappa shape index (κ3) is 2.46. The predicted molar refractivity (Wildman–Crippen MR) is 71.0 cm³/mol. The van der Waals surface area contributed by atoms with E-state index >= 15 is 0 Å². The number of anilines is 1. The van der Waals surface area contributed by atoms with E-state index in [9.17, 15) is 4.79 Å². The Bertz CT molecular complexity index is 415. The van der Waals surface area contributed by atoms with Gasteiger partial charge in [0.15, 0.2) is 0 Å². The smallest absolute Gasteiger partial charge is 0.345 e. The Morgan fingerprint density at radius 1 is 1.41 bits per heavy atom. The number of hydrogen-bond donors (Lipinski definition) is 1. The van der Waals surface area contributed by atoms with E-state index in [1.807, 2.05) is 6.07 Å². The summed E-state index contributed by atoms with van der Waals surface area (Å²) in [6.45, 7) is 7.81. The summed E-state index contributed by atoms with van der Waals surface area (Å²) in [6, 6.07) is 4.14. The van der Waals surface area contributed by atoms with Crippen LogP contribution in [0.4, 0.5) is 5.00 Å². The highest BCUT2D eigenvalue weighted by molar-refractivity contribution is 7.17. The minimum atomic E-state index is -0.827. The molecule has 1 aliphatic rings. The summed E-state index contributed by atoms with van der Waals surface area (Å²) in [5.41, 5.74) is 0. The van der Waals surface area contributed by atoms with Crippen molar-refractivity contribution in [3.05, 3.63) is 17.0 Å². The van der Waals surface area contributed by atoms with Crippen LogP contribution >= 0.6 is 11.3 Å². The SMILES string of the molecule is CC1CC(C)C(C)N(c2ccc(C(=O)O)s2)C1. The van der Waals surface area contributed by atoms with Gasteiger partial charge in [-0.05, 0) is 37.3 Å². The van der Waals surface area contributed by atoms with E-state index in [4.69, 9.17) is 5.11 Å². The van der Waals surface area contributed by atoms with E-state index in [1.165, 1.54) is 17.8 Å². The standard InChI is InChI=1S/C13H19NO2S/c1-8-6-9(2)10(3)14(7-8)12-5-4-11(17-12)13(15)16/h4-5,8-10H,6-7H2,1-3H3,(H,15,16). The van der Waals surface area contributed by atoms with Gasteiger partial charge in [-0.3, -0.25) is 0 Å². The van der Waals surface area contributed by atoms with Crippen LogP contribution in [-0.2, 0) is 0 Å². The first-order chi connectivity index (χ1) is 7.99. The van der Waals surface area contributed by atoms with E-state index in [2.05, 4.69) is 25.7 Å². The van der Waals surface area contributed by atoms with Gasteiger partial charge >= 0.3 is 5.97 Å². The van der Waals surface area contributed by atoms with Crippen molar-refractivity contribution in [1.82, 2.24) is 0 Å². The molecule has 3 unspecified atom stereocenters. The minimum Gasteiger partial charge on any atom is -0.477 e. The number of rotatable bonds is 2. The Balaban J connectivity index is 2.22. The fourth-order valence-electron chi connectivity index (χ4n) is 2.60. The van der Waals surface area contributed by atoms with Crippen LogP contribution in [-0.4, -0.2) is 23.7 Å². The topological polar surface area (TPSA) is 40.5 Å². The van der Waals surface area contributed by atoms with Gasteiger partial charge in [-0.2, -0.15) is 0 Å². The maximum atomic E-state index is 10.9. The Kier molecular flexibility index (Phi) is 3.43. The third-order valence-electron chi connectivity index (χ3n) is 3.68. The molecule has 2 rings (SSSR count). The van der Waals surface area contributed by atoms with Gasteiger partial charge in [0.2, 0.25) is 0 Å². The average Bonchev–Trinajstić information content (AvgIpc) is 2.72. The molecular formula is C13H19NO2S. The summed E-state index contributed by atoms with van der Waals surface area (Å²) in [4.78, 5) is 13.7. The molecule has 3 nitrogen and oxygen atoms in total. The molecule has 94 valence electrons. The number of carboxylic acids is 1. The second kappa shape index (κ2) is 4.69. The minimum absolute atomic E-state index is 0.429. The normalized spacial score (nSPS) is 29.4. The highest BCUT2D eigenvalue weighted by atomic mass is 32.1. The van der Waals surface area contributed by atoms with E-state index in [0.29, 0.717) is 22.8 Å². The molecule has 0 saturated carbocycles. The van der Waals surface area contributed by atoms with Gasteiger partial charge in [0.25, 0.3) is 0 Å². The lowest BCUT2D eigenvalue weighted by atomic mass is 9.86. The lowest BCUT2D eigenvalue weighted by Crippen LogP contribution is -2.45. The zero-order valence-electron chi connectivity index (χ0n) is 10.5. The average molecular weight is 253 g/mol. The number of aromatic carboxylic acids is 1. The summed E-state index contributed by atoms with van der Waals surface area (Å²) >= 11 is 1.38. The van der Waals surface area contributed by atoms with Crippen molar-refractivity contribution in [2.45, 2.75) is 33.2 Å². The monoisotopic (exact) mass is 253 g/mol. The van der Waals surface area contributed by atoms with E-state index in [-0.39, 0.29) is 0 Å². The van der Waals surface area contributed by atoms with Crippen molar-refractivity contribution in [1.29, 1.82) is 0 Å². The maximum absolute atomic E-state index is 10.9. The number of carboxylic acid groups (broad SMARTS) is 1. The summed E-state index contributed by atoms with van der Waals surface area (Å²) in [5.74, 6) is 0.512. The van der Waals surface area contributed by atoms with Gasteiger partial charge in [0, 0.05) is 12.6 Å². The molecule has 1 saturated heterocycles. The summed E-state index contributed by atoms with van der Waals surface area (Å²) in [6.07, 6.45) is 1.26. The van der Waals surface area contributed by atoms with Crippen molar-refractivity contribution in [2.24, 2.45) is 11.8 Å². The molecule has 0 spiro atoms. The van der Waals surface area contributed by atoms with Gasteiger partial charge in [0.1, 0.15) is 4.88 Å². The first kappa shape index (κ1) is 12.4. The van der Waals surface area contributed by atoms with Crippen LogP contribution < -0.4 is 4.90 Å². The molecule has 2 heterocycles. The molecule has 1 N–H and O–H groups in total. The van der Waals surface area contributed by atoms with Crippen LogP contribution in [0.3, 0.4) is 0 Å². The molecule has 0 aromatic carbocycles. The third-order valence-corrected chi connectivity index (χ3v) is 4.79. The summed E-state index contributed by atoms with van der Waals surface area (Å²) < 4.78 is 0. The van der Waals surface area contributed by atoms with Gasteiger partial charge < -0.3 is 10.0 Å². The van der Waals surface area contributed by atoms with E-state index in [0.717, 1.165) is 11.5 Å². The highest BCUT2D eigenvalue weighted by Crippen LogP contribution is 2.35. The second-order valence-corrected chi connectivity index (χ2v) is 6.22. The molecule has 1 aliphatic heterocycles. The van der Waals surface area contributed by atoms with E-state index in [1.54, 1.807) is 6.07 Å². The van der Waals surface area contributed by atoms with Crippen LogP contribution in [0.5, 0.6) is 0 Å². The first-order valence-corrected chi connectivity index (χ1v) is 6.90. The van der Waals surface area contributed by atoms with Crippen LogP contribution in [0.25, 0.3) is 0 Å². The van der Waals surface area contributed by atoms with Crippen molar-refractivity contribution in [2.75, 3.05) is 11.4 Å². The largest absolute Gasteiger partial charge is 0.477 e. The zero-order chi connectivity index (χ0) is 12.6. The molecule has 1 aromatic heterocycles. The number of thiophene rings is 1. The van der Waals surface area contributed by atoms with Gasteiger partial charge in [0.05, 0.1) is 5.00 Å². The number of nitrogens with zero attached hydrogens (tertiary/aromatic N) is 1.